The molecule has 1 heterocycles. The third-order valence-electron chi connectivity index (χ3n) is 5.82. The number of carbonyl (C=O) groups excluding carboxylic acids is 1. The van der Waals surface area contributed by atoms with E-state index >= 15 is 0 Å². The van der Waals surface area contributed by atoms with Crippen molar-refractivity contribution in [1.82, 2.24) is 0 Å². The fourth-order valence-corrected chi connectivity index (χ4v) is 5.08. The molecule has 3 aromatic rings. The summed E-state index contributed by atoms with van der Waals surface area (Å²) in [5, 5.41) is 0. The average molecular weight is 434 g/mol. The Morgan fingerprint density at radius 3 is 2.29 bits per heavy atom. The molecule has 1 aliphatic heterocycles. The van der Waals surface area contributed by atoms with Crippen LogP contribution in [0.1, 0.15) is 48.7 Å². The normalized spacial score (nSPS) is 20.5. The summed E-state index contributed by atoms with van der Waals surface area (Å²) in [7, 11) is 0. The lowest BCUT2D eigenvalue weighted by Crippen LogP contribution is -2.55. The largest absolute Gasteiger partial charge is 0.302 e. The quantitative estimate of drug-likeness (QED) is 0.446. The minimum Gasteiger partial charge on any atom is -0.302 e. The van der Waals surface area contributed by atoms with Crippen LogP contribution in [0.5, 0.6) is 0 Å². The van der Waals surface area contributed by atoms with Gasteiger partial charge in [-0.25, -0.2) is 0 Å². The highest BCUT2D eigenvalue weighted by molar-refractivity contribution is 9.10. The summed E-state index contributed by atoms with van der Waals surface area (Å²) in [5.41, 5.74) is 3.65. The van der Waals surface area contributed by atoms with Gasteiger partial charge in [-0.2, -0.15) is 0 Å². The number of anilines is 1. The predicted octanol–water partition coefficient (Wildman–Crippen LogP) is 6.58. The Morgan fingerprint density at radius 1 is 0.893 bits per heavy atom. The van der Waals surface area contributed by atoms with E-state index in [1.807, 2.05) is 41.3 Å². The molecule has 0 N–H and O–H groups in total. The summed E-state index contributed by atoms with van der Waals surface area (Å²) in [4.78, 5) is 15.5. The highest BCUT2D eigenvalue weighted by atomic mass is 79.9. The van der Waals surface area contributed by atoms with Gasteiger partial charge in [-0.3, -0.25) is 4.79 Å². The van der Waals surface area contributed by atoms with Gasteiger partial charge in [-0.15, -0.1) is 0 Å². The summed E-state index contributed by atoms with van der Waals surface area (Å²) in [6, 6.07) is 26.4. The molecule has 1 atom stereocenters. The molecule has 3 aromatic carbocycles. The minimum atomic E-state index is -0.335. The molecule has 0 fully saturated rings. The van der Waals surface area contributed by atoms with Crippen LogP contribution in [0.4, 0.5) is 5.69 Å². The Balaban J connectivity index is 1.90. The zero-order chi connectivity index (χ0) is 19.9. The molecule has 1 aliphatic rings. The maximum atomic E-state index is 13.5. The van der Waals surface area contributed by atoms with Gasteiger partial charge in [0.25, 0.3) is 5.91 Å². The highest BCUT2D eigenvalue weighted by Crippen LogP contribution is 2.50. The van der Waals surface area contributed by atoms with Gasteiger partial charge >= 0.3 is 0 Å². The van der Waals surface area contributed by atoms with Crippen molar-refractivity contribution in [2.75, 3.05) is 4.90 Å². The van der Waals surface area contributed by atoms with Crippen LogP contribution in [0.3, 0.4) is 0 Å². The van der Waals surface area contributed by atoms with Crippen LogP contribution >= 0.6 is 15.9 Å². The number of hydrogen-bond acceptors (Lipinski definition) is 1. The average Bonchev–Trinajstić information content (AvgIpc) is 2.68. The number of nitrogens with zero attached hydrogens (tertiary/aromatic N) is 1. The maximum absolute atomic E-state index is 13.5. The number of halogens is 1. The lowest BCUT2D eigenvalue weighted by Gasteiger charge is -2.51. The number of para-hydroxylation sites is 1. The molecule has 0 saturated heterocycles. The molecule has 2 nitrogen and oxygen atoms in total. The van der Waals surface area contributed by atoms with Crippen LogP contribution in [0.25, 0.3) is 0 Å². The van der Waals surface area contributed by atoms with E-state index in [1.165, 1.54) is 11.1 Å². The first-order valence-electron chi connectivity index (χ1n) is 9.58. The number of carbonyl (C=O) groups is 1. The molecule has 0 aromatic heterocycles. The number of benzene rings is 3. The summed E-state index contributed by atoms with van der Waals surface area (Å²) >= 11 is 3.62. The fraction of sp³-hybridized carbons (Fsp3) is 0.240. The van der Waals surface area contributed by atoms with E-state index < -0.39 is 0 Å². The second kappa shape index (κ2) is 6.89. The standard InChI is InChI=1S/C25H24BrNO/c1-24(2)17-25(3,19-12-9-13-20(26)16-19)21-14-7-8-15-22(21)27(24)23(28)18-10-5-4-6-11-18/h4-16H,17H2,1-3H3/t25-/m0/s1. The van der Waals surface area contributed by atoms with Crippen LogP contribution in [0, 0.1) is 0 Å². The van der Waals surface area contributed by atoms with E-state index in [2.05, 4.69) is 79.2 Å². The van der Waals surface area contributed by atoms with Gasteiger partial charge in [-0.1, -0.05) is 71.4 Å². The summed E-state index contributed by atoms with van der Waals surface area (Å²) in [5.74, 6) is 0.0503. The van der Waals surface area contributed by atoms with Gasteiger partial charge in [0, 0.05) is 26.7 Å². The van der Waals surface area contributed by atoms with Gasteiger partial charge in [0.1, 0.15) is 0 Å². The molecular weight excluding hydrogens is 410 g/mol. The van der Waals surface area contributed by atoms with Crippen molar-refractivity contribution in [2.24, 2.45) is 0 Å². The van der Waals surface area contributed by atoms with Gasteiger partial charge in [0.2, 0.25) is 0 Å². The lowest BCUT2D eigenvalue weighted by atomic mass is 9.65. The number of fused-ring (bicyclic) bond motifs is 1. The Kier molecular flexibility index (Phi) is 4.67. The first-order chi connectivity index (χ1) is 13.3. The second-order valence-corrected chi connectivity index (χ2v) is 9.27. The third-order valence-corrected chi connectivity index (χ3v) is 6.31. The SMILES string of the molecule is CC1(C)C[C@@](C)(c2cccc(Br)c2)c2ccccc2N1C(=O)c1ccccc1. The smallest absolute Gasteiger partial charge is 0.258 e. The molecule has 0 radical (unpaired) electrons. The van der Waals surface area contributed by atoms with E-state index in [9.17, 15) is 4.79 Å². The van der Waals surface area contributed by atoms with E-state index in [4.69, 9.17) is 0 Å². The third kappa shape index (κ3) is 3.08. The van der Waals surface area contributed by atoms with Crippen molar-refractivity contribution in [3.05, 3.63) is 100 Å². The summed E-state index contributed by atoms with van der Waals surface area (Å²) in [6.07, 6.45) is 0.839. The molecule has 0 aliphatic carbocycles. The Hall–Kier alpha value is -2.39. The van der Waals surface area contributed by atoms with E-state index in [1.54, 1.807) is 0 Å². The van der Waals surface area contributed by atoms with Crippen LogP contribution in [0.15, 0.2) is 83.3 Å². The fourth-order valence-electron chi connectivity index (χ4n) is 4.68. The second-order valence-electron chi connectivity index (χ2n) is 8.36. The number of rotatable bonds is 2. The zero-order valence-corrected chi connectivity index (χ0v) is 18.0. The maximum Gasteiger partial charge on any atom is 0.258 e. The molecule has 0 saturated carbocycles. The van der Waals surface area contributed by atoms with Gasteiger partial charge < -0.3 is 4.90 Å². The molecule has 0 bridgehead atoms. The van der Waals surface area contributed by atoms with Crippen LogP contribution < -0.4 is 4.90 Å². The van der Waals surface area contributed by atoms with Crippen molar-refractivity contribution >= 4 is 27.5 Å². The van der Waals surface area contributed by atoms with Crippen molar-refractivity contribution in [3.63, 3.8) is 0 Å². The van der Waals surface area contributed by atoms with Gasteiger partial charge in [0.05, 0.1) is 0 Å². The summed E-state index contributed by atoms with van der Waals surface area (Å²) in [6.45, 7) is 6.62. The van der Waals surface area contributed by atoms with Gasteiger partial charge in [-0.05, 0) is 61.7 Å². The van der Waals surface area contributed by atoms with E-state index in [0.717, 1.165) is 22.1 Å². The van der Waals surface area contributed by atoms with E-state index in [0.29, 0.717) is 0 Å². The zero-order valence-electron chi connectivity index (χ0n) is 16.4. The summed E-state index contributed by atoms with van der Waals surface area (Å²) < 4.78 is 1.07. The van der Waals surface area contributed by atoms with Crippen molar-refractivity contribution in [2.45, 2.75) is 38.1 Å². The van der Waals surface area contributed by atoms with Crippen molar-refractivity contribution < 1.29 is 4.79 Å². The highest BCUT2D eigenvalue weighted by Gasteiger charge is 2.47. The number of amides is 1. The van der Waals surface area contributed by atoms with E-state index in [-0.39, 0.29) is 16.9 Å². The molecule has 28 heavy (non-hydrogen) atoms. The van der Waals surface area contributed by atoms with Crippen molar-refractivity contribution in [1.29, 1.82) is 0 Å². The monoisotopic (exact) mass is 433 g/mol. The molecule has 1 amide bonds. The van der Waals surface area contributed by atoms with Crippen LogP contribution in [0.2, 0.25) is 0 Å². The lowest BCUT2D eigenvalue weighted by molar-refractivity contribution is 0.0948. The minimum absolute atomic E-state index is 0.0503. The topological polar surface area (TPSA) is 20.3 Å². The van der Waals surface area contributed by atoms with Gasteiger partial charge in [0.15, 0.2) is 0 Å². The Bertz CT molecular complexity index is 1030. The first-order valence-corrected chi connectivity index (χ1v) is 10.4. The van der Waals surface area contributed by atoms with Crippen LogP contribution in [-0.2, 0) is 5.41 Å². The number of hydrogen-bond donors (Lipinski definition) is 0. The molecule has 3 heteroatoms. The predicted molar refractivity (Wildman–Crippen MR) is 119 cm³/mol. The Morgan fingerprint density at radius 2 is 1.57 bits per heavy atom. The molecule has 0 unspecified atom stereocenters. The molecular formula is C25H24BrNO. The molecule has 4 rings (SSSR count). The first kappa shape index (κ1) is 18.9. The molecule has 142 valence electrons. The Labute approximate surface area is 175 Å². The van der Waals surface area contributed by atoms with Crippen LogP contribution in [-0.4, -0.2) is 11.4 Å². The van der Waals surface area contributed by atoms with Crippen molar-refractivity contribution in [3.8, 4) is 0 Å². The molecule has 0 spiro atoms.